The molecule has 0 bridgehead atoms. The highest BCUT2D eigenvalue weighted by atomic mass is 32.2. The zero-order valence-corrected chi connectivity index (χ0v) is 10.1. The number of primary sulfonamides is 1. The summed E-state index contributed by atoms with van der Waals surface area (Å²) in [6, 6.07) is 4.85. The van der Waals surface area contributed by atoms with E-state index in [1.54, 1.807) is 12.1 Å². The molecule has 9 heteroatoms. The summed E-state index contributed by atoms with van der Waals surface area (Å²) < 4.78 is 24.1. The Balaban J connectivity index is 2.83. The molecule has 0 aliphatic heterocycles. The SMILES string of the molecule is Cc1nn(-c2cccnn2)c(S(N)(=O)=O)c1C#N. The van der Waals surface area contributed by atoms with Gasteiger partial charge in [0.25, 0.3) is 10.0 Å². The summed E-state index contributed by atoms with van der Waals surface area (Å²) in [4.78, 5) is 0. The Morgan fingerprint density at radius 2 is 2.22 bits per heavy atom. The quantitative estimate of drug-likeness (QED) is 0.778. The fourth-order valence-electron chi connectivity index (χ4n) is 1.46. The average molecular weight is 264 g/mol. The lowest BCUT2D eigenvalue weighted by Gasteiger charge is -2.03. The van der Waals surface area contributed by atoms with Crippen molar-refractivity contribution in [3.05, 3.63) is 29.6 Å². The first-order valence-electron chi connectivity index (χ1n) is 4.75. The van der Waals surface area contributed by atoms with Crippen molar-refractivity contribution >= 4 is 10.0 Å². The van der Waals surface area contributed by atoms with Gasteiger partial charge >= 0.3 is 0 Å². The minimum atomic E-state index is -4.09. The van der Waals surface area contributed by atoms with Crippen molar-refractivity contribution < 1.29 is 8.42 Å². The lowest BCUT2D eigenvalue weighted by atomic mass is 10.3. The van der Waals surface area contributed by atoms with E-state index in [0.717, 1.165) is 4.68 Å². The number of sulfonamides is 1. The molecule has 18 heavy (non-hydrogen) atoms. The Labute approximate surface area is 103 Å². The number of aromatic nitrogens is 4. The molecule has 0 saturated heterocycles. The normalized spacial score (nSPS) is 11.2. The number of rotatable bonds is 2. The maximum Gasteiger partial charge on any atom is 0.257 e. The summed E-state index contributed by atoms with van der Waals surface area (Å²) in [5.41, 5.74) is 0.162. The fourth-order valence-corrected chi connectivity index (χ4v) is 2.31. The van der Waals surface area contributed by atoms with Crippen molar-refractivity contribution in [3.63, 3.8) is 0 Å². The zero-order chi connectivity index (χ0) is 13.3. The molecule has 0 spiro atoms. The number of hydrogen-bond acceptors (Lipinski definition) is 6. The van der Waals surface area contributed by atoms with Crippen LogP contribution in [-0.4, -0.2) is 28.4 Å². The molecule has 8 nitrogen and oxygen atoms in total. The predicted octanol–water partition coefficient (Wildman–Crippen LogP) is -0.510. The van der Waals surface area contributed by atoms with Crippen LogP contribution in [-0.2, 0) is 10.0 Å². The van der Waals surface area contributed by atoms with Crippen LogP contribution >= 0.6 is 0 Å². The van der Waals surface area contributed by atoms with Crippen molar-refractivity contribution in [3.8, 4) is 11.9 Å². The van der Waals surface area contributed by atoms with E-state index < -0.39 is 10.0 Å². The third-order valence-electron chi connectivity index (χ3n) is 2.17. The van der Waals surface area contributed by atoms with Crippen LogP contribution in [0.1, 0.15) is 11.3 Å². The van der Waals surface area contributed by atoms with E-state index >= 15 is 0 Å². The van der Waals surface area contributed by atoms with Crippen molar-refractivity contribution in [1.82, 2.24) is 20.0 Å². The number of nitriles is 1. The van der Waals surface area contributed by atoms with Gasteiger partial charge in [-0.15, -0.1) is 5.10 Å². The highest BCUT2D eigenvalue weighted by Crippen LogP contribution is 2.19. The zero-order valence-electron chi connectivity index (χ0n) is 9.27. The molecule has 2 N–H and O–H groups in total. The molecule has 0 radical (unpaired) electrons. The first-order valence-corrected chi connectivity index (χ1v) is 6.30. The molecular weight excluding hydrogens is 256 g/mol. The van der Waals surface area contributed by atoms with Crippen LogP contribution in [0.25, 0.3) is 5.82 Å². The van der Waals surface area contributed by atoms with Gasteiger partial charge in [0.1, 0.15) is 11.6 Å². The summed E-state index contributed by atoms with van der Waals surface area (Å²) in [7, 11) is -4.09. The lowest BCUT2D eigenvalue weighted by molar-refractivity contribution is 0.585. The lowest BCUT2D eigenvalue weighted by Crippen LogP contribution is -2.19. The molecule has 0 fully saturated rings. The highest BCUT2D eigenvalue weighted by Gasteiger charge is 2.25. The van der Waals surface area contributed by atoms with Crippen molar-refractivity contribution in [2.24, 2.45) is 5.14 Å². The van der Waals surface area contributed by atoms with Crippen molar-refractivity contribution in [1.29, 1.82) is 5.26 Å². The summed E-state index contributed by atoms with van der Waals surface area (Å²) in [6.45, 7) is 1.51. The summed E-state index contributed by atoms with van der Waals surface area (Å²) >= 11 is 0. The first-order chi connectivity index (χ1) is 8.45. The Morgan fingerprint density at radius 3 is 2.72 bits per heavy atom. The monoisotopic (exact) mass is 264 g/mol. The van der Waals surface area contributed by atoms with E-state index in [0.29, 0.717) is 0 Å². The molecule has 2 aromatic rings. The summed E-state index contributed by atoms with van der Waals surface area (Å²) in [5.74, 6) is 0.172. The minimum absolute atomic E-state index is 0.0943. The predicted molar refractivity (Wildman–Crippen MR) is 60.0 cm³/mol. The second kappa shape index (κ2) is 4.17. The van der Waals surface area contributed by atoms with Crippen LogP contribution in [0.2, 0.25) is 0 Å². The van der Waals surface area contributed by atoms with Gasteiger partial charge in [0.15, 0.2) is 10.8 Å². The molecule has 2 aromatic heterocycles. The van der Waals surface area contributed by atoms with E-state index in [-0.39, 0.29) is 22.1 Å². The van der Waals surface area contributed by atoms with Gasteiger partial charge in [-0.05, 0) is 19.1 Å². The minimum Gasteiger partial charge on any atom is -0.223 e. The molecule has 92 valence electrons. The van der Waals surface area contributed by atoms with Gasteiger partial charge in [-0.2, -0.15) is 20.1 Å². The van der Waals surface area contributed by atoms with Crippen LogP contribution in [0.15, 0.2) is 23.4 Å². The van der Waals surface area contributed by atoms with Gasteiger partial charge in [-0.25, -0.2) is 13.6 Å². The number of nitrogens with zero attached hydrogens (tertiary/aromatic N) is 5. The number of nitrogens with two attached hydrogens (primary N) is 1. The van der Waals surface area contributed by atoms with Gasteiger partial charge in [0.05, 0.1) is 5.69 Å². The molecule has 0 aliphatic carbocycles. The number of hydrogen-bond donors (Lipinski definition) is 1. The molecule has 0 aliphatic rings. The Hall–Kier alpha value is -2.31. The van der Waals surface area contributed by atoms with Crippen LogP contribution in [0.5, 0.6) is 0 Å². The smallest absolute Gasteiger partial charge is 0.223 e. The molecule has 2 heterocycles. The second-order valence-electron chi connectivity index (χ2n) is 3.42. The third-order valence-corrected chi connectivity index (χ3v) is 3.09. The standard InChI is InChI=1S/C9H8N6O2S/c1-6-7(5-10)9(18(11,16)17)15(14-6)8-3-2-4-12-13-8/h2-4H,1H3,(H2,11,16,17). The third kappa shape index (κ3) is 1.94. The first kappa shape index (κ1) is 12.2. The molecular formula is C9H8N6O2S. The highest BCUT2D eigenvalue weighted by molar-refractivity contribution is 7.89. The Morgan fingerprint density at radius 1 is 1.50 bits per heavy atom. The summed E-state index contributed by atoms with van der Waals surface area (Å²) in [5, 5.41) is 25.0. The second-order valence-corrected chi connectivity index (χ2v) is 4.89. The van der Waals surface area contributed by atoms with E-state index in [4.69, 9.17) is 10.4 Å². The van der Waals surface area contributed by atoms with Gasteiger partial charge in [0, 0.05) is 6.20 Å². The molecule has 0 saturated carbocycles. The largest absolute Gasteiger partial charge is 0.257 e. The van der Waals surface area contributed by atoms with Gasteiger partial charge < -0.3 is 0 Å². The van der Waals surface area contributed by atoms with Crippen LogP contribution in [0.3, 0.4) is 0 Å². The van der Waals surface area contributed by atoms with Crippen LogP contribution in [0, 0.1) is 18.3 Å². The van der Waals surface area contributed by atoms with Crippen LogP contribution < -0.4 is 5.14 Å². The Bertz CT molecular complexity index is 728. The van der Waals surface area contributed by atoms with E-state index in [1.807, 2.05) is 0 Å². The number of aryl methyl sites for hydroxylation is 1. The Kier molecular flexibility index (Phi) is 2.82. The molecule has 0 atom stereocenters. The van der Waals surface area contributed by atoms with Crippen molar-refractivity contribution in [2.75, 3.05) is 0 Å². The van der Waals surface area contributed by atoms with E-state index in [9.17, 15) is 8.42 Å². The fraction of sp³-hybridized carbons (Fsp3) is 0.111. The average Bonchev–Trinajstić information content (AvgIpc) is 2.67. The van der Waals surface area contributed by atoms with Gasteiger partial charge in [-0.1, -0.05) is 0 Å². The summed E-state index contributed by atoms with van der Waals surface area (Å²) in [6.07, 6.45) is 1.43. The van der Waals surface area contributed by atoms with Gasteiger partial charge in [-0.3, -0.25) is 0 Å². The van der Waals surface area contributed by atoms with E-state index in [1.165, 1.54) is 19.2 Å². The molecule has 0 aromatic carbocycles. The molecule has 2 rings (SSSR count). The topological polar surface area (TPSA) is 128 Å². The maximum absolute atomic E-state index is 11.5. The van der Waals surface area contributed by atoms with Crippen LogP contribution in [0.4, 0.5) is 0 Å². The van der Waals surface area contributed by atoms with Gasteiger partial charge in [0.2, 0.25) is 0 Å². The maximum atomic E-state index is 11.5. The molecule has 0 amide bonds. The molecule has 0 unspecified atom stereocenters. The van der Waals surface area contributed by atoms with E-state index in [2.05, 4.69) is 15.3 Å². The van der Waals surface area contributed by atoms with Crippen molar-refractivity contribution in [2.45, 2.75) is 11.9 Å².